The third-order valence-corrected chi connectivity index (χ3v) is 3.27. The SMILES string of the molecule is NCCCN(CCc1ccccc1)c1ccccc1. The number of anilines is 1. The van der Waals surface area contributed by atoms with Crippen molar-refractivity contribution in [2.45, 2.75) is 12.8 Å². The first-order valence-electron chi connectivity index (χ1n) is 6.94. The van der Waals surface area contributed by atoms with Crippen molar-refractivity contribution in [3.05, 3.63) is 66.2 Å². The van der Waals surface area contributed by atoms with E-state index in [0.717, 1.165) is 32.5 Å². The van der Waals surface area contributed by atoms with Gasteiger partial charge in [0.2, 0.25) is 0 Å². The van der Waals surface area contributed by atoms with Crippen molar-refractivity contribution in [2.75, 3.05) is 24.5 Å². The van der Waals surface area contributed by atoms with Gasteiger partial charge in [0.05, 0.1) is 0 Å². The van der Waals surface area contributed by atoms with E-state index in [2.05, 4.69) is 65.6 Å². The first-order valence-corrected chi connectivity index (χ1v) is 6.94. The number of nitrogens with two attached hydrogens (primary N) is 1. The number of para-hydroxylation sites is 1. The van der Waals surface area contributed by atoms with Gasteiger partial charge in [-0.3, -0.25) is 0 Å². The fraction of sp³-hybridized carbons (Fsp3) is 0.294. The fourth-order valence-electron chi connectivity index (χ4n) is 2.20. The summed E-state index contributed by atoms with van der Waals surface area (Å²) in [5, 5.41) is 0. The molecular formula is C17H22N2. The van der Waals surface area contributed by atoms with E-state index in [-0.39, 0.29) is 0 Å². The first-order chi connectivity index (χ1) is 9.40. The molecule has 0 aliphatic heterocycles. The Morgan fingerprint density at radius 1 is 0.789 bits per heavy atom. The van der Waals surface area contributed by atoms with Gasteiger partial charge in [0.15, 0.2) is 0 Å². The lowest BCUT2D eigenvalue weighted by Gasteiger charge is -2.24. The van der Waals surface area contributed by atoms with Gasteiger partial charge in [0.25, 0.3) is 0 Å². The van der Waals surface area contributed by atoms with Gasteiger partial charge >= 0.3 is 0 Å². The zero-order chi connectivity index (χ0) is 13.3. The van der Waals surface area contributed by atoms with Crippen LogP contribution in [0, 0.1) is 0 Å². The molecule has 2 heteroatoms. The highest BCUT2D eigenvalue weighted by molar-refractivity contribution is 5.46. The lowest BCUT2D eigenvalue weighted by molar-refractivity contribution is 0.729. The van der Waals surface area contributed by atoms with Crippen molar-refractivity contribution < 1.29 is 0 Å². The molecule has 2 aromatic carbocycles. The topological polar surface area (TPSA) is 29.3 Å². The fourth-order valence-corrected chi connectivity index (χ4v) is 2.20. The maximum absolute atomic E-state index is 5.64. The minimum atomic E-state index is 0.745. The third-order valence-electron chi connectivity index (χ3n) is 3.27. The Morgan fingerprint density at radius 2 is 1.42 bits per heavy atom. The molecule has 0 fully saturated rings. The van der Waals surface area contributed by atoms with E-state index in [1.165, 1.54) is 11.3 Å². The van der Waals surface area contributed by atoms with Crippen LogP contribution < -0.4 is 10.6 Å². The maximum Gasteiger partial charge on any atom is 0.0366 e. The molecule has 2 aromatic rings. The average Bonchev–Trinajstić information content (AvgIpc) is 2.49. The Morgan fingerprint density at radius 3 is 2.05 bits per heavy atom. The highest BCUT2D eigenvalue weighted by Crippen LogP contribution is 2.14. The van der Waals surface area contributed by atoms with Crippen molar-refractivity contribution in [1.82, 2.24) is 0 Å². The van der Waals surface area contributed by atoms with Crippen LogP contribution in [0.5, 0.6) is 0 Å². The summed E-state index contributed by atoms with van der Waals surface area (Å²) in [5.41, 5.74) is 8.31. The Bertz CT molecular complexity index is 453. The van der Waals surface area contributed by atoms with Crippen LogP contribution in [0.1, 0.15) is 12.0 Å². The van der Waals surface area contributed by atoms with Gasteiger partial charge in [-0.25, -0.2) is 0 Å². The summed E-state index contributed by atoms with van der Waals surface area (Å²) in [6.07, 6.45) is 2.10. The maximum atomic E-state index is 5.64. The molecule has 0 aliphatic carbocycles. The lowest BCUT2D eigenvalue weighted by Crippen LogP contribution is -2.28. The van der Waals surface area contributed by atoms with E-state index in [0.29, 0.717) is 0 Å². The van der Waals surface area contributed by atoms with E-state index >= 15 is 0 Å². The molecule has 19 heavy (non-hydrogen) atoms. The molecule has 2 rings (SSSR count). The minimum absolute atomic E-state index is 0.745. The van der Waals surface area contributed by atoms with Crippen molar-refractivity contribution >= 4 is 5.69 Å². The molecule has 2 N–H and O–H groups in total. The molecule has 0 bridgehead atoms. The van der Waals surface area contributed by atoms with Crippen LogP contribution >= 0.6 is 0 Å². The van der Waals surface area contributed by atoms with E-state index in [9.17, 15) is 0 Å². The monoisotopic (exact) mass is 254 g/mol. The van der Waals surface area contributed by atoms with Crippen molar-refractivity contribution in [1.29, 1.82) is 0 Å². The number of hydrogen-bond acceptors (Lipinski definition) is 2. The number of nitrogens with zero attached hydrogens (tertiary/aromatic N) is 1. The van der Waals surface area contributed by atoms with Crippen LogP contribution in [0.2, 0.25) is 0 Å². The molecule has 0 spiro atoms. The molecule has 0 heterocycles. The Kier molecular flexibility index (Phi) is 5.45. The van der Waals surface area contributed by atoms with Crippen molar-refractivity contribution in [3.8, 4) is 0 Å². The van der Waals surface area contributed by atoms with Crippen LogP contribution in [0.25, 0.3) is 0 Å². The molecule has 0 radical (unpaired) electrons. The third kappa shape index (κ3) is 4.42. The normalized spacial score (nSPS) is 10.4. The molecule has 2 nitrogen and oxygen atoms in total. The van der Waals surface area contributed by atoms with Crippen LogP contribution in [0.4, 0.5) is 5.69 Å². The average molecular weight is 254 g/mol. The van der Waals surface area contributed by atoms with E-state index < -0.39 is 0 Å². The van der Waals surface area contributed by atoms with Gasteiger partial charge in [-0.05, 0) is 37.1 Å². The summed E-state index contributed by atoms with van der Waals surface area (Å²) < 4.78 is 0. The van der Waals surface area contributed by atoms with Crippen LogP contribution in [-0.4, -0.2) is 19.6 Å². The molecule has 100 valence electrons. The molecule has 0 unspecified atom stereocenters. The second-order valence-electron chi connectivity index (χ2n) is 4.70. The quantitative estimate of drug-likeness (QED) is 0.822. The largest absolute Gasteiger partial charge is 0.371 e. The predicted molar refractivity (Wildman–Crippen MR) is 82.5 cm³/mol. The number of hydrogen-bond donors (Lipinski definition) is 1. The lowest BCUT2D eigenvalue weighted by atomic mass is 10.1. The summed E-state index contributed by atoms with van der Waals surface area (Å²) in [6.45, 7) is 2.80. The smallest absolute Gasteiger partial charge is 0.0366 e. The Hall–Kier alpha value is -1.80. The predicted octanol–water partition coefficient (Wildman–Crippen LogP) is 3.08. The molecular weight excluding hydrogens is 232 g/mol. The molecule has 0 aliphatic rings. The van der Waals surface area contributed by atoms with E-state index in [1.807, 2.05) is 0 Å². The zero-order valence-corrected chi connectivity index (χ0v) is 11.3. The van der Waals surface area contributed by atoms with Crippen molar-refractivity contribution in [3.63, 3.8) is 0 Å². The van der Waals surface area contributed by atoms with Gasteiger partial charge in [0, 0.05) is 18.8 Å². The second kappa shape index (κ2) is 7.59. The van der Waals surface area contributed by atoms with Crippen LogP contribution in [-0.2, 0) is 6.42 Å². The number of benzene rings is 2. The van der Waals surface area contributed by atoms with E-state index in [1.54, 1.807) is 0 Å². The molecule has 0 atom stereocenters. The van der Waals surface area contributed by atoms with Crippen LogP contribution in [0.15, 0.2) is 60.7 Å². The second-order valence-corrected chi connectivity index (χ2v) is 4.70. The van der Waals surface area contributed by atoms with Crippen molar-refractivity contribution in [2.24, 2.45) is 5.73 Å². The molecule has 0 amide bonds. The first kappa shape index (κ1) is 13.6. The van der Waals surface area contributed by atoms with Crippen LogP contribution in [0.3, 0.4) is 0 Å². The summed E-state index contributed by atoms with van der Waals surface area (Å²) in [6, 6.07) is 21.2. The Balaban J connectivity index is 1.98. The van der Waals surface area contributed by atoms with Gasteiger partial charge in [-0.15, -0.1) is 0 Å². The van der Waals surface area contributed by atoms with Gasteiger partial charge in [-0.1, -0.05) is 48.5 Å². The zero-order valence-electron chi connectivity index (χ0n) is 11.3. The highest BCUT2D eigenvalue weighted by Gasteiger charge is 2.05. The molecule has 0 saturated carbocycles. The van der Waals surface area contributed by atoms with Gasteiger partial charge in [0.1, 0.15) is 0 Å². The summed E-state index contributed by atoms with van der Waals surface area (Å²) in [4.78, 5) is 2.42. The standard InChI is InChI=1S/C17H22N2/c18-13-7-14-19(17-10-5-2-6-11-17)15-12-16-8-3-1-4-9-16/h1-6,8-11H,7,12-15,18H2. The summed E-state index contributed by atoms with van der Waals surface area (Å²) in [7, 11) is 0. The highest BCUT2D eigenvalue weighted by atomic mass is 15.1. The van der Waals surface area contributed by atoms with Gasteiger partial charge in [-0.2, -0.15) is 0 Å². The van der Waals surface area contributed by atoms with Gasteiger partial charge < -0.3 is 10.6 Å². The van der Waals surface area contributed by atoms with E-state index in [4.69, 9.17) is 5.73 Å². The molecule has 0 aromatic heterocycles. The Labute approximate surface area is 115 Å². The minimum Gasteiger partial charge on any atom is -0.371 e. The number of rotatable bonds is 7. The molecule has 0 saturated heterocycles. The summed E-state index contributed by atoms with van der Waals surface area (Å²) in [5.74, 6) is 0. The summed E-state index contributed by atoms with van der Waals surface area (Å²) >= 11 is 0.